The van der Waals surface area contributed by atoms with Gasteiger partial charge in [0.15, 0.2) is 11.9 Å². The predicted molar refractivity (Wildman–Crippen MR) is 109 cm³/mol. The number of phosphoric ester groups is 1. The quantitative estimate of drug-likeness (QED) is 0.555. The summed E-state index contributed by atoms with van der Waals surface area (Å²) >= 11 is 0. The second-order valence-electron chi connectivity index (χ2n) is 7.85. The average Bonchev–Trinajstić information content (AvgIpc) is 3.21. The van der Waals surface area contributed by atoms with E-state index in [0.717, 1.165) is 0 Å². The lowest BCUT2D eigenvalue weighted by Gasteiger charge is -2.26. The second-order valence-corrected chi connectivity index (χ2v) is 9.21. The summed E-state index contributed by atoms with van der Waals surface area (Å²) in [4.78, 5) is 22.8. The molecule has 2 aromatic heterocycles. The number of fused-ring (bicyclic) bond motifs is 1. The van der Waals surface area contributed by atoms with Gasteiger partial charge in [-0.2, -0.15) is 4.98 Å². The van der Waals surface area contributed by atoms with Crippen LogP contribution in [0.25, 0.3) is 11.2 Å². The van der Waals surface area contributed by atoms with Crippen molar-refractivity contribution in [1.82, 2.24) is 19.5 Å². The van der Waals surface area contributed by atoms with E-state index in [9.17, 15) is 9.46 Å². The first kappa shape index (κ1) is 23.1. The summed E-state index contributed by atoms with van der Waals surface area (Å²) in [5.74, 6) is 0.355. The van der Waals surface area contributed by atoms with E-state index in [1.807, 2.05) is 20.8 Å². The first-order chi connectivity index (χ1) is 14.1. The van der Waals surface area contributed by atoms with Crippen LogP contribution in [0, 0.1) is 5.92 Å². The molecule has 1 aliphatic rings. The minimum Gasteiger partial charge on any atom is -0.374 e. The molecule has 3 heterocycles. The maximum absolute atomic E-state index is 12.6. The highest BCUT2D eigenvalue weighted by molar-refractivity contribution is 7.47. The zero-order valence-corrected chi connectivity index (χ0v) is 18.7. The van der Waals surface area contributed by atoms with Crippen LogP contribution in [0.1, 0.15) is 46.8 Å². The molecule has 0 aromatic carbocycles. The van der Waals surface area contributed by atoms with Crippen molar-refractivity contribution in [2.24, 2.45) is 5.92 Å². The molecule has 3 N–H and O–H groups in total. The standard InChI is InChI=1S/C18H30N5O6P/c1-6-11(4)28-30(24,25)29-14-13(7-10(2)3)27-17(15(14)26-5)23-9-21-12-8-20-18(19)22-16(12)23/h8-11,13-15,17H,6-7H2,1-5H3,(H,24,25)(H2,19,20,22). The molecule has 11 nitrogen and oxygen atoms in total. The molecular weight excluding hydrogens is 413 g/mol. The van der Waals surface area contributed by atoms with Crippen molar-refractivity contribution in [2.75, 3.05) is 12.8 Å². The van der Waals surface area contributed by atoms with Crippen molar-refractivity contribution in [2.45, 2.75) is 71.2 Å². The van der Waals surface area contributed by atoms with Crippen LogP contribution in [0.2, 0.25) is 0 Å². The van der Waals surface area contributed by atoms with Gasteiger partial charge in [-0.3, -0.25) is 13.6 Å². The SMILES string of the molecule is CCC(C)OP(=O)(O)OC1C(CC(C)C)OC(n2cnc3cnc(N)nc32)C1OC. The molecule has 168 valence electrons. The Kier molecular flexibility index (Phi) is 7.11. The predicted octanol–water partition coefficient (Wildman–Crippen LogP) is 2.67. The van der Waals surface area contributed by atoms with Crippen LogP contribution in [0.3, 0.4) is 0 Å². The van der Waals surface area contributed by atoms with Gasteiger partial charge in [0.05, 0.1) is 24.7 Å². The molecule has 0 amide bonds. The van der Waals surface area contributed by atoms with Gasteiger partial charge in [0.2, 0.25) is 5.95 Å². The number of imidazole rings is 1. The normalized spacial score (nSPS) is 27.6. The van der Waals surface area contributed by atoms with Crippen LogP contribution in [0.15, 0.2) is 12.5 Å². The van der Waals surface area contributed by atoms with E-state index < -0.39 is 38.5 Å². The molecule has 2 aromatic rings. The highest BCUT2D eigenvalue weighted by Gasteiger charge is 2.50. The number of hydrogen-bond acceptors (Lipinski definition) is 9. The van der Waals surface area contributed by atoms with E-state index in [0.29, 0.717) is 24.0 Å². The molecule has 1 fully saturated rings. The van der Waals surface area contributed by atoms with Gasteiger partial charge in [0.1, 0.15) is 17.7 Å². The molecule has 0 radical (unpaired) electrons. The molecule has 1 aliphatic heterocycles. The Bertz CT molecular complexity index is 908. The zero-order chi connectivity index (χ0) is 22.1. The summed E-state index contributed by atoms with van der Waals surface area (Å²) in [6.07, 6.45) is 1.08. The van der Waals surface area contributed by atoms with E-state index in [1.165, 1.54) is 13.3 Å². The monoisotopic (exact) mass is 443 g/mol. The van der Waals surface area contributed by atoms with Crippen LogP contribution in [-0.4, -0.2) is 55.9 Å². The van der Waals surface area contributed by atoms with E-state index in [4.69, 9.17) is 24.3 Å². The minimum absolute atomic E-state index is 0.101. The Hall–Kier alpha value is -1.62. The van der Waals surface area contributed by atoms with E-state index in [2.05, 4.69) is 15.0 Å². The molecule has 0 bridgehead atoms. The Labute approximate surface area is 175 Å². The number of rotatable bonds is 9. The highest BCUT2D eigenvalue weighted by atomic mass is 31.2. The number of ether oxygens (including phenoxy) is 2. The van der Waals surface area contributed by atoms with Gasteiger partial charge in [-0.15, -0.1) is 0 Å². The van der Waals surface area contributed by atoms with Crippen LogP contribution in [0.4, 0.5) is 5.95 Å². The summed E-state index contributed by atoms with van der Waals surface area (Å²) in [6, 6.07) is 0. The smallest absolute Gasteiger partial charge is 0.374 e. The number of phosphoric acid groups is 1. The number of hydrogen-bond donors (Lipinski definition) is 2. The number of nitrogen functional groups attached to an aromatic ring is 1. The van der Waals surface area contributed by atoms with Gasteiger partial charge in [0, 0.05) is 7.11 Å². The van der Waals surface area contributed by atoms with Crippen molar-refractivity contribution < 1.29 is 28.0 Å². The zero-order valence-electron chi connectivity index (χ0n) is 17.8. The molecule has 30 heavy (non-hydrogen) atoms. The van der Waals surface area contributed by atoms with E-state index in [-0.39, 0.29) is 11.9 Å². The third-order valence-corrected chi connectivity index (χ3v) is 6.15. The molecule has 6 unspecified atom stereocenters. The lowest BCUT2D eigenvalue weighted by Crippen LogP contribution is -2.36. The average molecular weight is 443 g/mol. The number of nitrogens with two attached hydrogens (primary N) is 1. The lowest BCUT2D eigenvalue weighted by molar-refractivity contribution is -0.0520. The Balaban J connectivity index is 1.94. The summed E-state index contributed by atoms with van der Waals surface area (Å²) in [5, 5.41) is 0. The topological polar surface area (TPSA) is 144 Å². The maximum atomic E-state index is 12.6. The second kappa shape index (κ2) is 9.25. The Morgan fingerprint density at radius 1 is 1.33 bits per heavy atom. The van der Waals surface area contributed by atoms with E-state index >= 15 is 0 Å². The Morgan fingerprint density at radius 3 is 2.70 bits per heavy atom. The van der Waals surface area contributed by atoms with Crippen LogP contribution in [-0.2, 0) is 23.1 Å². The minimum atomic E-state index is -4.34. The third kappa shape index (κ3) is 4.99. The molecule has 0 saturated carbocycles. The van der Waals surface area contributed by atoms with Crippen molar-refractivity contribution in [3.63, 3.8) is 0 Å². The van der Waals surface area contributed by atoms with Crippen LogP contribution < -0.4 is 5.73 Å². The van der Waals surface area contributed by atoms with Crippen molar-refractivity contribution in [3.05, 3.63) is 12.5 Å². The van der Waals surface area contributed by atoms with Gasteiger partial charge < -0.3 is 20.1 Å². The fourth-order valence-electron chi connectivity index (χ4n) is 3.47. The van der Waals surface area contributed by atoms with E-state index in [1.54, 1.807) is 17.8 Å². The third-order valence-electron chi connectivity index (χ3n) is 5.01. The van der Waals surface area contributed by atoms with Gasteiger partial charge in [-0.25, -0.2) is 14.5 Å². The summed E-state index contributed by atoms with van der Waals surface area (Å²) in [5.41, 5.74) is 6.75. The Morgan fingerprint density at radius 2 is 2.07 bits per heavy atom. The van der Waals surface area contributed by atoms with Crippen molar-refractivity contribution in [3.8, 4) is 0 Å². The van der Waals surface area contributed by atoms with Gasteiger partial charge in [-0.05, 0) is 25.7 Å². The largest absolute Gasteiger partial charge is 0.472 e. The van der Waals surface area contributed by atoms with Crippen molar-refractivity contribution >= 4 is 24.9 Å². The van der Waals surface area contributed by atoms with Gasteiger partial charge in [-0.1, -0.05) is 20.8 Å². The molecule has 6 atom stereocenters. The summed E-state index contributed by atoms with van der Waals surface area (Å²) < 4.78 is 37.0. The fourth-order valence-corrected chi connectivity index (χ4v) is 4.69. The molecule has 0 spiro atoms. The van der Waals surface area contributed by atoms with Gasteiger partial charge in [0.25, 0.3) is 0 Å². The maximum Gasteiger partial charge on any atom is 0.472 e. The summed E-state index contributed by atoms with van der Waals surface area (Å²) in [6.45, 7) is 7.63. The number of aromatic nitrogens is 4. The molecular formula is C18H30N5O6P. The lowest BCUT2D eigenvalue weighted by atomic mass is 10.0. The molecule has 12 heteroatoms. The number of methoxy groups -OCH3 is 1. The highest BCUT2D eigenvalue weighted by Crippen LogP contribution is 2.51. The van der Waals surface area contributed by atoms with Crippen LogP contribution >= 0.6 is 7.82 Å². The fraction of sp³-hybridized carbons (Fsp3) is 0.722. The molecule has 0 aliphatic carbocycles. The summed E-state index contributed by atoms with van der Waals surface area (Å²) in [7, 11) is -2.84. The van der Waals surface area contributed by atoms with Crippen molar-refractivity contribution in [1.29, 1.82) is 0 Å². The molecule has 1 saturated heterocycles. The first-order valence-corrected chi connectivity index (χ1v) is 11.5. The number of anilines is 1. The first-order valence-electron chi connectivity index (χ1n) is 9.98. The molecule has 3 rings (SSSR count). The number of nitrogens with zero attached hydrogens (tertiary/aromatic N) is 4. The van der Waals surface area contributed by atoms with Gasteiger partial charge >= 0.3 is 7.82 Å². The van der Waals surface area contributed by atoms with Crippen LogP contribution in [0.5, 0.6) is 0 Å².